The number of hydrogen-bond donors (Lipinski definition) is 1. The first kappa shape index (κ1) is 20.2. The van der Waals surface area contributed by atoms with Gasteiger partial charge in [0.15, 0.2) is 6.10 Å². The predicted molar refractivity (Wildman–Crippen MR) is 86.3 cm³/mol. The Hall–Kier alpha value is -0.750. The molecule has 0 aliphatic carbocycles. The fraction of sp³-hybridized carbons (Fsp3) is 0.867. The fourth-order valence-corrected chi connectivity index (χ4v) is 1.89. The van der Waals surface area contributed by atoms with Crippen LogP contribution in [0.15, 0.2) is 0 Å². The summed E-state index contributed by atoms with van der Waals surface area (Å²) in [6.45, 7) is 4.93. The Morgan fingerprint density at radius 3 is 2.24 bits per heavy atom. The van der Waals surface area contributed by atoms with E-state index in [0.717, 1.165) is 0 Å². The summed E-state index contributed by atoms with van der Waals surface area (Å²) < 4.78 is 11.2. The van der Waals surface area contributed by atoms with Crippen molar-refractivity contribution in [3.05, 3.63) is 0 Å². The van der Waals surface area contributed by atoms with Gasteiger partial charge < -0.3 is 14.0 Å². The van der Waals surface area contributed by atoms with Crippen LogP contribution in [0.1, 0.15) is 33.1 Å². The third-order valence-corrected chi connectivity index (χ3v) is 2.88. The van der Waals surface area contributed by atoms with E-state index >= 15 is 0 Å². The van der Waals surface area contributed by atoms with Crippen LogP contribution in [0, 0.1) is 5.92 Å². The number of quaternary nitrogens is 1. The van der Waals surface area contributed by atoms with Gasteiger partial charge in [-0.25, -0.2) is 0 Å². The first-order valence-corrected chi connectivity index (χ1v) is 8.03. The van der Waals surface area contributed by atoms with Crippen molar-refractivity contribution in [3.8, 4) is 0 Å². The molecule has 0 aliphatic heterocycles. The molecule has 0 aromatic rings. The number of likely N-dealkylation sites (N-methyl/N-ethyl adjacent to an activating group) is 1. The second-order valence-corrected chi connectivity index (χ2v) is 7.14. The van der Waals surface area contributed by atoms with Gasteiger partial charge in [-0.2, -0.15) is 12.6 Å². The number of rotatable bonds is 10. The van der Waals surface area contributed by atoms with E-state index in [9.17, 15) is 9.59 Å². The van der Waals surface area contributed by atoms with Gasteiger partial charge in [-0.1, -0.05) is 13.8 Å². The third kappa shape index (κ3) is 12.7. The van der Waals surface area contributed by atoms with Gasteiger partial charge in [-0.05, 0) is 18.1 Å². The van der Waals surface area contributed by atoms with Crippen molar-refractivity contribution < 1.29 is 23.5 Å². The summed E-state index contributed by atoms with van der Waals surface area (Å²) in [5.41, 5.74) is 0. The molecule has 1 atom stereocenters. The van der Waals surface area contributed by atoms with Crippen molar-refractivity contribution in [3.63, 3.8) is 0 Å². The van der Waals surface area contributed by atoms with Gasteiger partial charge in [0.2, 0.25) is 0 Å². The van der Waals surface area contributed by atoms with Gasteiger partial charge in [0.1, 0.15) is 6.54 Å². The third-order valence-electron chi connectivity index (χ3n) is 2.56. The maximum absolute atomic E-state index is 11.8. The summed E-state index contributed by atoms with van der Waals surface area (Å²) in [5.74, 6) is 0.345. The maximum Gasteiger partial charge on any atom is 0.309 e. The topological polar surface area (TPSA) is 52.6 Å². The minimum absolute atomic E-state index is 0.106. The van der Waals surface area contributed by atoms with Crippen LogP contribution in [0.2, 0.25) is 0 Å². The van der Waals surface area contributed by atoms with Crippen molar-refractivity contribution in [2.75, 3.05) is 40.0 Å². The Morgan fingerprint density at radius 2 is 1.76 bits per heavy atom. The zero-order valence-electron chi connectivity index (χ0n) is 13.9. The summed E-state index contributed by atoms with van der Waals surface area (Å²) in [6, 6.07) is 0. The Kier molecular flexibility index (Phi) is 9.70. The van der Waals surface area contributed by atoms with Crippen molar-refractivity contribution in [1.29, 1.82) is 0 Å². The molecule has 0 saturated carbocycles. The van der Waals surface area contributed by atoms with E-state index in [0.29, 0.717) is 42.1 Å². The Balaban J connectivity index is 4.45. The normalized spacial score (nSPS) is 13.1. The quantitative estimate of drug-likeness (QED) is 0.379. The van der Waals surface area contributed by atoms with Crippen LogP contribution in [-0.2, 0) is 19.1 Å². The average molecular weight is 320 g/mol. The van der Waals surface area contributed by atoms with Crippen LogP contribution in [0.3, 0.4) is 0 Å². The zero-order chi connectivity index (χ0) is 16.5. The largest absolute Gasteiger partial charge is 0.465 e. The molecule has 0 spiro atoms. The van der Waals surface area contributed by atoms with E-state index in [4.69, 9.17) is 9.47 Å². The molecule has 6 heteroatoms. The smallest absolute Gasteiger partial charge is 0.309 e. The minimum Gasteiger partial charge on any atom is -0.465 e. The molecular formula is C15H30NO4S+. The van der Waals surface area contributed by atoms with Crippen LogP contribution >= 0.6 is 12.6 Å². The van der Waals surface area contributed by atoms with Crippen molar-refractivity contribution in [2.45, 2.75) is 39.2 Å². The molecule has 0 aliphatic rings. The number of thiol groups is 1. The summed E-state index contributed by atoms with van der Waals surface area (Å²) in [5, 5.41) is 0. The Bertz CT molecular complexity index is 326. The molecule has 124 valence electrons. The molecule has 0 rings (SSSR count). The molecule has 21 heavy (non-hydrogen) atoms. The van der Waals surface area contributed by atoms with Gasteiger partial charge >= 0.3 is 11.9 Å². The lowest BCUT2D eigenvalue weighted by Crippen LogP contribution is -2.44. The number of ether oxygens (including phenoxy) is 2. The number of nitrogens with zero attached hydrogens (tertiary/aromatic N) is 1. The monoisotopic (exact) mass is 320 g/mol. The van der Waals surface area contributed by atoms with E-state index < -0.39 is 6.10 Å². The molecule has 0 amide bonds. The predicted octanol–water partition coefficient (Wildman–Crippen LogP) is 1.90. The molecule has 0 saturated heterocycles. The molecule has 0 heterocycles. The summed E-state index contributed by atoms with van der Waals surface area (Å²) in [7, 11) is 5.98. The second-order valence-electron chi connectivity index (χ2n) is 6.69. The zero-order valence-corrected chi connectivity index (χ0v) is 14.8. The Morgan fingerprint density at radius 1 is 1.14 bits per heavy atom. The minimum atomic E-state index is -0.447. The van der Waals surface area contributed by atoms with Crippen LogP contribution in [0.5, 0.6) is 0 Å². The van der Waals surface area contributed by atoms with Crippen LogP contribution in [-0.4, -0.2) is 62.6 Å². The number of carbonyl (C=O) groups is 2. The highest BCUT2D eigenvalue weighted by Gasteiger charge is 2.25. The highest BCUT2D eigenvalue weighted by molar-refractivity contribution is 7.80. The average Bonchev–Trinajstić information content (AvgIpc) is 2.31. The van der Waals surface area contributed by atoms with E-state index in [2.05, 4.69) is 12.6 Å². The highest BCUT2D eigenvalue weighted by atomic mass is 32.1. The van der Waals surface area contributed by atoms with Gasteiger partial charge in [-0.15, -0.1) is 0 Å². The standard InChI is InChI=1S/C15H29NO4S/c1-12(2)11-19-15(18)9-13(10-16(3,4)5)20-14(17)7-6-8-21/h12-13H,6-11H2,1-5H3/p+1/t13-/m1/s1. The first-order valence-electron chi connectivity index (χ1n) is 7.40. The first-order chi connectivity index (χ1) is 9.64. The molecule has 0 aromatic carbocycles. The van der Waals surface area contributed by atoms with Gasteiger partial charge in [-0.3, -0.25) is 9.59 Å². The number of hydrogen-bond acceptors (Lipinski definition) is 5. The highest BCUT2D eigenvalue weighted by Crippen LogP contribution is 2.09. The molecule has 0 radical (unpaired) electrons. The lowest BCUT2D eigenvalue weighted by molar-refractivity contribution is -0.873. The van der Waals surface area contributed by atoms with E-state index in [1.807, 2.05) is 35.0 Å². The molecule has 5 nitrogen and oxygen atoms in total. The van der Waals surface area contributed by atoms with E-state index in [1.54, 1.807) is 0 Å². The number of esters is 2. The van der Waals surface area contributed by atoms with Crippen LogP contribution < -0.4 is 0 Å². The summed E-state index contributed by atoms with van der Waals surface area (Å²) in [6.07, 6.45) is 0.668. The maximum atomic E-state index is 11.8. The van der Waals surface area contributed by atoms with Gasteiger partial charge in [0.25, 0.3) is 0 Å². The van der Waals surface area contributed by atoms with Crippen LogP contribution in [0.25, 0.3) is 0 Å². The second kappa shape index (κ2) is 10.1. The molecule has 0 unspecified atom stereocenters. The molecular weight excluding hydrogens is 290 g/mol. The van der Waals surface area contributed by atoms with Crippen molar-refractivity contribution in [1.82, 2.24) is 0 Å². The molecule has 0 N–H and O–H groups in total. The van der Waals surface area contributed by atoms with Crippen LogP contribution in [0.4, 0.5) is 0 Å². The number of carbonyl (C=O) groups excluding carboxylic acids is 2. The van der Waals surface area contributed by atoms with Gasteiger partial charge in [0, 0.05) is 6.42 Å². The lowest BCUT2D eigenvalue weighted by atomic mass is 10.2. The molecule has 0 fully saturated rings. The fourth-order valence-electron chi connectivity index (χ4n) is 1.73. The summed E-state index contributed by atoms with van der Waals surface area (Å²) in [4.78, 5) is 23.5. The molecule has 0 aromatic heterocycles. The summed E-state index contributed by atoms with van der Waals surface area (Å²) >= 11 is 4.07. The molecule has 0 bridgehead atoms. The van der Waals surface area contributed by atoms with E-state index in [-0.39, 0.29) is 18.4 Å². The van der Waals surface area contributed by atoms with Crippen molar-refractivity contribution in [2.24, 2.45) is 5.92 Å². The SMILES string of the molecule is CC(C)COC(=O)C[C@H](C[N+](C)(C)C)OC(=O)CCCS. The van der Waals surface area contributed by atoms with Gasteiger partial charge in [0.05, 0.1) is 34.2 Å². The Labute approximate surface area is 134 Å². The lowest BCUT2D eigenvalue weighted by Gasteiger charge is -2.28. The van der Waals surface area contributed by atoms with E-state index in [1.165, 1.54) is 0 Å². The van der Waals surface area contributed by atoms with Crippen molar-refractivity contribution >= 4 is 24.6 Å².